The van der Waals surface area contributed by atoms with Gasteiger partial charge in [0.05, 0.1) is 10.5 Å². The molecule has 3 N–H and O–H groups in total. The second-order valence-corrected chi connectivity index (χ2v) is 9.18. The summed E-state index contributed by atoms with van der Waals surface area (Å²) in [6.45, 7) is 1.29. The number of nitrogens with one attached hydrogen (secondary N) is 1. The summed E-state index contributed by atoms with van der Waals surface area (Å²) in [4.78, 5) is 24.6. The minimum atomic E-state index is -4.13. The lowest BCUT2D eigenvalue weighted by atomic mass is 10.2. The molecule has 27 heavy (non-hydrogen) atoms. The highest BCUT2D eigenvalue weighted by Gasteiger charge is 2.45. The summed E-state index contributed by atoms with van der Waals surface area (Å²) >= 11 is 0. The molecule has 2 amide bonds. The van der Waals surface area contributed by atoms with Gasteiger partial charge in [-0.05, 0) is 43.3 Å². The predicted molar refractivity (Wildman–Crippen MR) is 95.7 cm³/mol. The number of hydrogen-bond acceptors (Lipinski definition) is 6. The van der Waals surface area contributed by atoms with Gasteiger partial charge in [0.1, 0.15) is 10.9 Å². The number of hydrogen-bond donors (Lipinski definition) is 2. The molecule has 0 aromatic heterocycles. The molecule has 2 aromatic rings. The second-order valence-electron chi connectivity index (χ2n) is 5.84. The fraction of sp³-hybridized carbons (Fsp3) is 0.125. The lowest BCUT2D eigenvalue weighted by Gasteiger charge is -2.22. The Morgan fingerprint density at radius 1 is 1.11 bits per heavy atom. The quantitative estimate of drug-likeness (QED) is 0.753. The molecule has 0 spiro atoms. The van der Waals surface area contributed by atoms with Gasteiger partial charge >= 0.3 is 0 Å². The van der Waals surface area contributed by atoms with Gasteiger partial charge in [0.15, 0.2) is 0 Å². The van der Waals surface area contributed by atoms with Crippen LogP contribution in [0.3, 0.4) is 0 Å². The van der Waals surface area contributed by atoms with Gasteiger partial charge in [-0.15, -0.1) is 0 Å². The predicted octanol–water partition coefficient (Wildman–Crippen LogP) is 0.506. The first-order valence-electron chi connectivity index (χ1n) is 7.65. The molecule has 0 saturated heterocycles. The van der Waals surface area contributed by atoms with Crippen LogP contribution in [0, 0.1) is 0 Å². The van der Waals surface area contributed by atoms with Crippen LogP contribution in [0.2, 0.25) is 0 Å². The highest BCUT2D eigenvalue weighted by molar-refractivity contribution is 7.90. The van der Waals surface area contributed by atoms with E-state index in [1.165, 1.54) is 55.5 Å². The molecule has 0 aliphatic carbocycles. The molecule has 1 aliphatic heterocycles. The smallest absolute Gasteiger partial charge is 0.269 e. The van der Waals surface area contributed by atoms with Crippen LogP contribution in [-0.4, -0.2) is 39.0 Å². The molecule has 1 heterocycles. The Labute approximate surface area is 155 Å². The number of amides is 2. The van der Waals surface area contributed by atoms with Crippen molar-refractivity contribution in [2.24, 2.45) is 5.14 Å². The molecule has 3 rings (SSSR count). The number of carbonyl (C=O) groups is 2. The SMILES string of the molecule is C[C@H](C(=O)Nc1ccc(S(N)(=O)=O)cc1)N1C(=O)c2ccccc2S1(=O)=O. The molecule has 0 unspecified atom stereocenters. The van der Waals surface area contributed by atoms with Crippen LogP contribution in [0.1, 0.15) is 17.3 Å². The number of nitrogens with two attached hydrogens (primary N) is 1. The summed E-state index contributed by atoms with van der Waals surface area (Å²) < 4.78 is 48.2. The third kappa shape index (κ3) is 3.31. The van der Waals surface area contributed by atoms with Crippen LogP contribution in [0.25, 0.3) is 0 Å². The summed E-state index contributed by atoms with van der Waals surface area (Å²) in [5.74, 6) is -1.53. The molecule has 11 heteroatoms. The van der Waals surface area contributed by atoms with E-state index >= 15 is 0 Å². The highest BCUT2D eigenvalue weighted by atomic mass is 32.2. The zero-order valence-electron chi connectivity index (χ0n) is 14.0. The Bertz CT molecular complexity index is 1140. The highest BCUT2D eigenvalue weighted by Crippen LogP contribution is 2.31. The summed E-state index contributed by atoms with van der Waals surface area (Å²) in [6, 6.07) is 9.40. The number of nitrogens with zero attached hydrogens (tertiary/aromatic N) is 1. The van der Waals surface area contributed by atoms with E-state index in [2.05, 4.69) is 5.32 Å². The van der Waals surface area contributed by atoms with Crippen molar-refractivity contribution in [2.75, 3.05) is 5.32 Å². The zero-order chi connectivity index (χ0) is 20.0. The molecular weight excluding hydrogens is 394 g/mol. The average Bonchev–Trinajstić information content (AvgIpc) is 2.80. The minimum absolute atomic E-state index is 0.00894. The van der Waals surface area contributed by atoms with Crippen LogP contribution < -0.4 is 10.5 Å². The van der Waals surface area contributed by atoms with E-state index in [9.17, 15) is 26.4 Å². The number of carbonyl (C=O) groups excluding carboxylic acids is 2. The van der Waals surface area contributed by atoms with Crippen molar-refractivity contribution < 1.29 is 26.4 Å². The summed E-state index contributed by atoms with van der Waals surface area (Å²) in [5.41, 5.74) is 0.232. The maximum atomic E-state index is 12.6. The van der Waals surface area contributed by atoms with Crippen LogP contribution in [-0.2, 0) is 24.8 Å². The molecule has 0 saturated carbocycles. The van der Waals surface area contributed by atoms with Gasteiger partial charge in [0.2, 0.25) is 15.9 Å². The topological polar surface area (TPSA) is 144 Å². The molecular formula is C16H15N3O6S2. The normalized spacial score (nSPS) is 16.7. The van der Waals surface area contributed by atoms with E-state index < -0.39 is 37.9 Å². The average molecular weight is 409 g/mol. The first-order chi connectivity index (χ1) is 12.5. The number of benzene rings is 2. The molecule has 142 valence electrons. The summed E-state index contributed by atoms with van der Waals surface area (Å²) in [7, 11) is -8.01. The number of rotatable bonds is 4. The van der Waals surface area contributed by atoms with Crippen molar-refractivity contribution in [3.05, 3.63) is 54.1 Å². The van der Waals surface area contributed by atoms with Crippen molar-refractivity contribution >= 4 is 37.5 Å². The van der Waals surface area contributed by atoms with Crippen molar-refractivity contribution in [1.82, 2.24) is 4.31 Å². The molecule has 0 radical (unpaired) electrons. The first kappa shape index (κ1) is 19.0. The monoisotopic (exact) mass is 409 g/mol. The maximum Gasteiger partial charge on any atom is 0.269 e. The molecule has 1 aliphatic rings. The van der Waals surface area contributed by atoms with E-state index in [1.807, 2.05) is 0 Å². The van der Waals surface area contributed by atoms with Gasteiger partial charge in [-0.3, -0.25) is 9.59 Å². The molecule has 9 nitrogen and oxygen atoms in total. The van der Waals surface area contributed by atoms with Crippen molar-refractivity contribution in [2.45, 2.75) is 22.8 Å². The van der Waals surface area contributed by atoms with Gasteiger partial charge in [-0.25, -0.2) is 26.3 Å². The van der Waals surface area contributed by atoms with Gasteiger partial charge in [0, 0.05) is 5.69 Å². The van der Waals surface area contributed by atoms with Crippen molar-refractivity contribution in [3.63, 3.8) is 0 Å². The Kier molecular flexibility index (Phi) is 4.54. The first-order valence-corrected chi connectivity index (χ1v) is 10.6. The lowest BCUT2D eigenvalue weighted by molar-refractivity contribution is -0.118. The number of sulfonamides is 2. The Morgan fingerprint density at radius 3 is 2.26 bits per heavy atom. The van der Waals surface area contributed by atoms with Crippen LogP contribution >= 0.6 is 0 Å². The number of primary sulfonamides is 1. The maximum absolute atomic E-state index is 12.6. The summed E-state index contributed by atoms with van der Waals surface area (Å²) in [5, 5.41) is 7.45. The van der Waals surface area contributed by atoms with Gasteiger partial charge < -0.3 is 5.32 Å². The molecule has 2 aromatic carbocycles. The standard InChI is InChI=1S/C16H15N3O6S2/c1-10(15(20)18-11-6-8-12(9-7-11)26(17,22)23)19-16(21)13-4-2-3-5-14(13)27(19,24)25/h2-10H,1H3,(H,18,20)(H2,17,22,23)/t10-/m1/s1. The van der Waals surface area contributed by atoms with E-state index in [0.29, 0.717) is 4.31 Å². The summed E-state index contributed by atoms with van der Waals surface area (Å²) in [6.07, 6.45) is 0. The number of fused-ring (bicyclic) bond motifs is 1. The fourth-order valence-corrected chi connectivity index (χ4v) is 4.91. The van der Waals surface area contributed by atoms with Crippen molar-refractivity contribution in [3.8, 4) is 0 Å². The molecule has 0 fully saturated rings. The zero-order valence-corrected chi connectivity index (χ0v) is 15.6. The Morgan fingerprint density at radius 2 is 1.70 bits per heavy atom. The lowest BCUT2D eigenvalue weighted by Crippen LogP contribution is -2.45. The van der Waals surface area contributed by atoms with Crippen LogP contribution in [0.5, 0.6) is 0 Å². The third-order valence-corrected chi connectivity index (χ3v) is 6.88. The third-order valence-electron chi connectivity index (χ3n) is 4.04. The fourth-order valence-electron chi connectivity index (χ4n) is 2.67. The van der Waals surface area contributed by atoms with E-state index in [1.54, 1.807) is 0 Å². The molecule has 1 atom stereocenters. The van der Waals surface area contributed by atoms with Gasteiger partial charge in [-0.2, -0.15) is 0 Å². The number of anilines is 1. The van der Waals surface area contributed by atoms with Crippen molar-refractivity contribution in [1.29, 1.82) is 0 Å². The Balaban J connectivity index is 1.83. The van der Waals surface area contributed by atoms with Gasteiger partial charge in [-0.1, -0.05) is 12.1 Å². The van der Waals surface area contributed by atoms with Gasteiger partial charge in [0.25, 0.3) is 15.9 Å². The van der Waals surface area contributed by atoms with E-state index in [0.717, 1.165) is 0 Å². The van der Waals surface area contributed by atoms with Crippen LogP contribution in [0.4, 0.5) is 5.69 Å². The van der Waals surface area contributed by atoms with E-state index in [4.69, 9.17) is 5.14 Å². The minimum Gasteiger partial charge on any atom is -0.324 e. The largest absolute Gasteiger partial charge is 0.324 e. The second kappa shape index (κ2) is 6.44. The van der Waals surface area contributed by atoms with E-state index in [-0.39, 0.29) is 21.0 Å². The Hall–Kier alpha value is -2.76. The molecule has 0 bridgehead atoms. The van der Waals surface area contributed by atoms with Crippen LogP contribution in [0.15, 0.2) is 58.3 Å².